The molecule has 0 amide bonds. The summed E-state index contributed by atoms with van der Waals surface area (Å²) in [6, 6.07) is 6.38. The highest BCUT2D eigenvalue weighted by Gasteiger charge is 2.16. The molecule has 0 N–H and O–H groups in total. The van der Waals surface area contributed by atoms with Gasteiger partial charge in [0.1, 0.15) is 0 Å². The van der Waals surface area contributed by atoms with E-state index in [1.165, 1.54) is 16.7 Å². The zero-order chi connectivity index (χ0) is 12.4. The summed E-state index contributed by atoms with van der Waals surface area (Å²) in [5.41, 5.74) is 5.80. The lowest BCUT2D eigenvalue weighted by atomic mass is 9.94. The zero-order valence-corrected chi connectivity index (χ0v) is 11.6. The second kappa shape index (κ2) is 5.16. The van der Waals surface area contributed by atoms with Gasteiger partial charge in [-0.1, -0.05) is 47.6 Å². The standard InChI is InChI=1S/C15H15ClS/c1-10-4-6-13(9-17)15(16)14-8-11(2)3-5-12(14)7-10/h3-9,15,17H,1-2H3/b6-4-,10-7-,13-9-. The minimum absolute atomic E-state index is 0.136. The van der Waals surface area contributed by atoms with Crippen LogP contribution < -0.4 is 0 Å². The van der Waals surface area contributed by atoms with Gasteiger partial charge in [-0.2, -0.15) is 12.6 Å². The molecule has 0 radical (unpaired) electrons. The second-order valence-electron chi connectivity index (χ2n) is 4.35. The minimum atomic E-state index is -0.136. The van der Waals surface area contributed by atoms with Crippen molar-refractivity contribution in [3.63, 3.8) is 0 Å². The van der Waals surface area contributed by atoms with Crippen molar-refractivity contribution >= 4 is 30.3 Å². The predicted octanol–water partition coefficient (Wildman–Crippen LogP) is 5.06. The van der Waals surface area contributed by atoms with Crippen molar-refractivity contribution in [2.45, 2.75) is 19.2 Å². The summed E-state index contributed by atoms with van der Waals surface area (Å²) in [5.74, 6) is 0. The first-order valence-electron chi connectivity index (χ1n) is 5.57. The molecular weight excluding hydrogens is 248 g/mol. The number of fused-ring (bicyclic) bond motifs is 1. The predicted molar refractivity (Wildman–Crippen MR) is 79.6 cm³/mol. The lowest BCUT2D eigenvalue weighted by Crippen LogP contribution is -1.99. The minimum Gasteiger partial charge on any atom is -0.151 e. The van der Waals surface area contributed by atoms with Crippen LogP contribution in [0.2, 0.25) is 0 Å². The number of halogens is 1. The normalized spacial score (nSPS) is 26.7. The maximum absolute atomic E-state index is 6.51. The fraction of sp³-hybridized carbons (Fsp3) is 0.200. The van der Waals surface area contributed by atoms with Crippen LogP contribution in [0.25, 0.3) is 6.08 Å². The maximum Gasteiger partial charge on any atom is 0.0846 e. The molecule has 2 heteroatoms. The van der Waals surface area contributed by atoms with Crippen LogP contribution >= 0.6 is 24.2 Å². The SMILES string of the molecule is CC1=C/c2ccc(C)cc2C(Cl)C(=C\S)/C=C\1. The molecule has 0 saturated carbocycles. The molecule has 0 fully saturated rings. The third-order valence-corrected chi connectivity index (χ3v) is 3.66. The van der Waals surface area contributed by atoms with Crippen molar-refractivity contribution in [3.8, 4) is 0 Å². The summed E-state index contributed by atoms with van der Waals surface area (Å²) in [6.07, 6.45) is 6.26. The van der Waals surface area contributed by atoms with Gasteiger partial charge in [0, 0.05) is 0 Å². The van der Waals surface area contributed by atoms with Gasteiger partial charge < -0.3 is 0 Å². The smallest absolute Gasteiger partial charge is 0.0846 e. The van der Waals surface area contributed by atoms with Gasteiger partial charge >= 0.3 is 0 Å². The van der Waals surface area contributed by atoms with Crippen LogP contribution in [0.5, 0.6) is 0 Å². The average Bonchev–Trinajstić information content (AvgIpc) is 2.30. The lowest BCUT2D eigenvalue weighted by Gasteiger charge is -2.17. The molecule has 0 saturated heterocycles. The monoisotopic (exact) mass is 262 g/mol. The van der Waals surface area contributed by atoms with Crippen LogP contribution in [-0.2, 0) is 0 Å². The van der Waals surface area contributed by atoms with E-state index in [0.717, 1.165) is 11.1 Å². The maximum atomic E-state index is 6.51. The molecule has 0 heterocycles. The first kappa shape index (κ1) is 12.5. The number of thiol groups is 1. The Kier molecular flexibility index (Phi) is 3.80. The highest BCUT2D eigenvalue weighted by molar-refractivity contribution is 7.83. The molecule has 2 rings (SSSR count). The highest BCUT2D eigenvalue weighted by Crippen LogP contribution is 2.35. The Labute approximate surface area is 113 Å². The van der Waals surface area contributed by atoms with Crippen molar-refractivity contribution in [1.82, 2.24) is 0 Å². The van der Waals surface area contributed by atoms with Crippen molar-refractivity contribution in [2.75, 3.05) is 0 Å². The lowest BCUT2D eigenvalue weighted by molar-refractivity contribution is 1.13. The number of hydrogen-bond acceptors (Lipinski definition) is 1. The topological polar surface area (TPSA) is 0 Å². The van der Waals surface area contributed by atoms with Crippen LogP contribution in [0, 0.1) is 6.92 Å². The number of hydrogen-bond donors (Lipinski definition) is 1. The number of rotatable bonds is 0. The Bertz CT molecular complexity index is 524. The number of allylic oxidation sites excluding steroid dienone is 4. The summed E-state index contributed by atoms with van der Waals surface area (Å²) < 4.78 is 0. The van der Waals surface area contributed by atoms with Crippen molar-refractivity contribution in [2.24, 2.45) is 0 Å². The van der Waals surface area contributed by atoms with Crippen LogP contribution in [0.4, 0.5) is 0 Å². The van der Waals surface area contributed by atoms with Gasteiger partial charge in [0.15, 0.2) is 0 Å². The van der Waals surface area contributed by atoms with Crippen molar-refractivity contribution in [3.05, 3.63) is 63.6 Å². The number of alkyl halides is 1. The fourth-order valence-corrected chi connectivity index (χ4v) is 2.59. The van der Waals surface area contributed by atoms with Gasteiger partial charge in [-0.15, -0.1) is 11.6 Å². The Morgan fingerprint density at radius 3 is 2.71 bits per heavy atom. The zero-order valence-electron chi connectivity index (χ0n) is 9.94. The largest absolute Gasteiger partial charge is 0.151 e. The van der Waals surface area contributed by atoms with E-state index >= 15 is 0 Å². The summed E-state index contributed by atoms with van der Waals surface area (Å²) in [7, 11) is 0. The van der Waals surface area contributed by atoms with Gasteiger partial charge in [-0.3, -0.25) is 0 Å². The van der Waals surface area contributed by atoms with E-state index in [9.17, 15) is 0 Å². The Morgan fingerprint density at radius 1 is 1.24 bits per heavy atom. The molecule has 0 bridgehead atoms. The summed E-state index contributed by atoms with van der Waals surface area (Å²) >= 11 is 10.7. The van der Waals surface area contributed by atoms with Gasteiger partial charge in [-0.05, 0) is 36.0 Å². The molecule has 88 valence electrons. The van der Waals surface area contributed by atoms with E-state index in [-0.39, 0.29) is 5.38 Å². The van der Waals surface area contributed by atoms with E-state index < -0.39 is 0 Å². The van der Waals surface area contributed by atoms with Gasteiger partial charge in [0.25, 0.3) is 0 Å². The summed E-state index contributed by atoms with van der Waals surface area (Å²) in [5, 5.41) is 1.64. The van der Waals surface area contributed by atoms with Gasteiger partial charge in [0.2, 0.25) is 0 Å². The summed E-state index contributed by atoms with van der Waals surface area (Å²) in [4.78, 5) is 0. The molecule has 1 aliphatic carbocycles. The van der Waals surface area contributed by atoms with Crippen molar-refractivity contribution < 1.29 is 0 Å². The molecule has 1 aromatic carbocycles. The Morgan fingerprint density at radius 2 is 2.00 bits per heavy atom. The molecule has 1 aliphatic rings. The average molecular weight is 263 g/mol. The molecule has 0 nitrogen and oxygen atoms in total. The first-order valence-corrected chi connectivity index (χ1v) is 6.52. The molecule has 1 atom stereocenters. The van der Waals surface area contributed by atoms with E-state index in [2.05, 4.69) is 56.8 Å². The third kappa shape index (κ3) is 2.67. The van der Waals surface area contributed by atoms with E-state index in [0.29, 0.717) is 0 Å². The van der Waals surface area contributed by atoms with E-state index in [4.69, 9.17) is 11.6 Å². The van der Waals surface area contributed by atoms with Gasteiger partial charge in [0.05, 0.1) is 5.38 Å². The third-order valence-electron chi connectivity index (χ3n) is 2.88. The molecule has 1 aromatic rings. The van der Waals surface area contributed by atoms with Crippen LogP contribution in [-0.4, -0.2) is 0 Å². The van der Waals surface area contributed by atoms with Crippen LogP contribution in [0.1, 0.15) is 29.0 Å². The quantitative estimate of drug-likeness (QED) is 0.490. The van der Waals surface area contributed by atoms with Crippen LogP contribution in [0.3, 0.4) is 0 Å². The molecule has 17 heavy (non-hydrogen) atoms. The fourth-order valence-electron chi connectivity index (χ4n) is 1.94. The number of aryl methyl sites for hydroxylation is 1. The molecule has 0 aromatic heterocycles. The first-order chi connectivity index (χ1) is 8.11. The molecule has 1 unspecified atom stereocenters. The molecular formula is C15H15ClS. The summed E-state index contributed by atoms with van der Waals surface area (Å²) in [6.45, 7) is 4.17. The Balaban J connectivity index is 2.65. The molecule has 0 aliphatic heterocycles. The second-order valence-corrected chi connectivity index (χ2v) is 5.04. The van der Waals surface area contributed by atoms with E-state index in [1.807, 2.05) is 6.08 Å². The van der Waals surface area contributed by atoms with Crippen molar-refractivity contribution in [1.29, 1.82) is 0 Å². The van der Waals surface area contributed by atoms with Gasteiger partial charge in [-0.25, -0.2) is 0 Å². The van der Waals surface area contributed by atoms with E-state index in [1.54, 1.807) is 5.41 Å². The highest BCUT2D eigenvalue weighted by atomic mass is 35.5. The number of benzene rings is 1. The Hall–Kier alpha value is -0.920. The molecule has 0 spiro atoms. The van der Waals surface area contributed by atoms with Crippen LogP contribution in [0.15, 0.2) is 46.9 Å².